The summed E-state index contributed by atoms with van der Waals surface area (Å²) in [5.74, 6) is 0.224. The van der Waals surface area contributed by atoms with Crippen molar-refractivity contribution in [3.8, 4) is 0 Å². The molecule has 0 radical (unpaired) electrons. The van der Waals surface area contributed by atoms with Crippen molar-refractivity contribution >= 4 is 5.91 Å². The van der Waals surface area contributed by atoms with E-state index in [2.05, 4.69) is 31.1 Å². The van der Waals surface area contributed by atoms with Gasteiger partial charge in [-0.05, 0) is 32.1 Å². The topological polar surface area (TPSA) is 83.0 Å². The van der Waals surface area contributed by atoms with E-state index in [0.717, 1.165) is 25.0 Å². The molecule has 1 unspecified atom stereocenters. The Morgan fingerprint density at radius 1 is 1.35 bits per heavy atom. The first-order chi connectivity index (χ1) is 9.45. The van der Waals surface area contributed by atoms with Crippen LogP contribution in [0.4, 0.5) is 0 Å². The number of rotatable bonds is 9. The molecule has 1 heterocycles. The lowest BCUT2D eigenvalue weighted by molar-refractivity contribution is -0.117. The summed E-state index contributed by atoms with van der Waals surface area (Å²) < 4.78 is 7.02. The Labute approximate surface area is 120 Å². The fourth-order valence-electron chi connectivity index (χ4n) is 2.10. The summed E-state index contributed by atoms with van der Waals surface area (Å²) in [6, 6.07) is 0.200. The van der Waals surface area contributed by atoms with Gasteiger partial charge in [0.05, 0.1) is 23.9 Å². The van der Waals surface area contributed by atoms with Crippen molar-refractivity contribution in [3.05, 3.63) is 11.4 Å². The van der Waals surface area contributed by atoms with Crippen LogP contribution in [0.3, 0.4) is 0 Å². The summed E-state index contributed by atoms with van der Waals surface area (Å²) in [4.78, 5) is 11.1. The number of nitrogens with zero attached hydrogens (tertiary/aromatic N) is 3. The van der Waals surface area contributed by atoms with E-state index in [0.29, 0.717) is 18.2 Å². The molecule has 0 fully saturated rings. The van der Waals surface area contributed by atoms with E-state index in [1.165, 1.54) is 0 Å². The normalized spacial score (nSPS) is 12.8. The maximum atomic E-state index is 11.1. The minimum absolute atomic E-state index is 0.157. The van der Waals surface area contributed by atoms with Crippen LogP contribution < -0.4 is 5.73 Å². The molecule has 1 rings (SSSR count). The zero-order valence-electron chi connectivity index (χ0n) is 12.9. The van der Waals surface area contributed by atoms with Crippen LogP contribution in [0, 0.1) is 5.92 Å². The lowest BCUT2D eigenvalue weighted by atomic mass is 10.0. The summed E-state index contributed by atoms with van der Waals surface area (Å²) in [6.45, 7) is 7.11. The number of ether oxygens (including phenoxy) is 1. The molecule has 1 aromatic heterocycles. The molecule has 0 aromatic carbocycles. The first kappa shape index (κ1) is 16.6. The molecule has 114 valence electrons. The van der Waals surface area contributed by atoms with Gasteiger partial charge in [0.1, 0.15) is 0 Å². The van der Waals surface area contributed by atoms with Crippen molar-refractivity contribution in [2.45, 2.75) is 52.5 Å². The highest BCUT2D eigenvalue weighted by Crippen LogP contribution is 2.19. The second-order valence-electron chi connectivity index (χ2n) is 5.63. The Morgan fingerprint density at radius 3 is 2.60 bits per heavy atom. The van der Waals surface area contributed by atoms with Crippen LogP contribution in [0.5, 0.6) is 0 Å². The highest BCUT2D eigenvalue weighted by molar-refractivity contribution is 5.76. The van der Waals surface area contributed by atoms with Crippen LogP contribution in [0.1, 0.15) is 51.0 Å². The van der Waals surface area contributed by atoms with Gasteiger partial charge in [0.2, 0.25) is 5.91 Å². The molecule has 6 nitrogen and oxygen atoms in total. The number of hydrogen-bond acceptors (Lipinski definition) is 4. The maximum absolute atomic E-state index is 11.1. The van der Waals surface area contributed by atoms with Crippen LogP contribution in [0.2, 0.25) is 0 Å². The Balaban J connectivity index is 2.91. The van der Waals surface area contributed by atoms with Gasteiger partial charge in [-0.15, -0.1) is 5.10 Å². The van der Waals surface area contributed by atoms with Crippen molar-refractivity contribution < 1.29 is 9.53 Å². The zero-order chi connectivity index (χ0) is 15.1. The molecule has 0 aliphatic carbocycles. The molecule has 1 atom stereocenters. The number of methoxy groups -OCH3 is 1. The Bertz CT molecular complexity index is 429. The maximum Gasteiger partial charge on any atom is 0.223 e. The predicted octanol–water partition coefficient (Wildman–Crippen LogP) is 1.49. The van der Waals surface area contributed by atoms with Crippen molar-refractivity contribution in [3.63, 3.8) is 0 Å². The monoisotopic (exact) mass is 282 g/mol. The van der Waals surface area contributed by atoms with Crippen LogP contribution in [0.25, 0.3) is 0 Å². The minimum atomic E-state index is -0.368. The van der Waals surface area contributed by atoms with Crippen LogP contribution >= 0.6 is 0 Å². The quantitative estimate of drug-likeness (QED) is 0.744. The van der Waals surface area contributed by atoms with Gasteiger partial charge in [0.25, 0.3) is 0 Å². The summed E-state index contributed by atoms with van der Waals surface area (Å²) in [5.41, 5.74) is 7.02. The van der Waals surface area contributed by atoms with E-state index in [1.807, 2.05) is 4.68 Å². The average Bonchev–Trinajstić information content (AvgIpc) is 2.75. The van der Waals surface area contributed by atoms with Crippen molar-refractivity contribution in [1.29, 1.82) is 0 Å². The van der Waals surface area contributed by atoms with Gasteiger partial charge in [-0.2, -0.15) is 0 Å². The third-order valence-corrected chi connectivity index (χ3v) is 3.33. The standard InChI is InChI=1S/C14H26N4O2/c1-10(2)5-6-13-12(9-14(15)19)16-17-18(13)11(3)7-8-20-4/h10-11H,5-9H2,1-4H3,(H2,15,19). The first-order valence-corrected chi connectivity index (χ1v) is 7.15. The third-order valence-electron chi connectivity index (χ3n) is 3.33. The zero-order valence-corrected chi connectivity index (χ0v) is 12.9. The van der Waals surface area contributed by atoms with E-state index >= 15 is 0 Å². The lowest BCUT2D eigenvalue weighted by Crippen LogP contribution is -2.17. The van der Waals surface area contributed by atoms with E-state index < -0.39 is 0 Å². The number of aromatic nitrogens is 3. The molecule has 1 aromatic rings. The Hall–Kier alpha value is -1.43. The fraction of sp³-hybridized carbons (Fsp3) is 0.786. The van der Waals surface area contributed by atoms with Gasteiger partial charge in [0, 0.05) is 13.7 Å². The lowest BCUT2D eigenvalue weighted by Gasteiger charge is -2.15. The highest BCUT2D eigenvalue weighted by atomic mass is 16.5. The summed E-state index contributed by atoms with van der Waals surface area (Å²) in [7, 11) is 1.69. The molecule has 20 heavy (non-hydrogen) atoms. The summed E-state index contributed by atoms with van der Waals surface area (Å²) in [6.07, 6.45) is 2.93. The van der Waals surface area contributed by atoms with E-state index in [1.54, 1.807) is 7.11 Å². The highest BCUT2D eigenvalue weighted by Gasteiger charge is 2.18. The third kappa shape index (κ3) is 4.92. The summed E-state index contributed by atoms with van der Waals surface area (Å²) >= 11 is 0. The number of amides is 1. The molecule has 0 aliphatic heterocycles. The molecule has 6 heteroatoms. The van der Waals surface area contributed by atoms with E-state index in [4.69, 9.17) is 10.5 Å². The van der Waals surface area contributed by atoms with Gasteiger partial charge in [-0.1, -0.05) is 19.1 Å². The van der Waals surface area contributed by atoms with Crippen LogP contribution in [-0.4, -0.2) is 34.6 Å². The minimum Gasteiger partial charge on any atom is -0.385 e. The predicted molar refractivity (Wildman–Crippen MR) is 77.3 cm³/mol. The molecule has 0 bridgehead atoms. The second-order valence-corrected chi connectivity index (χ2v) is 5.63. The van der Waals surface area contributed by atoms with Gasteiger partial charge in [-0.25, -0.2) is 4.68 Å². The van der Waals surface area contributed by atoms with E-state index in [9.17, 15) is 4.79 Å². The van der Waals surface area contributed by atoms with Gasteiger partial charge >= 0.3 is 0 Å². The number of nitrogens with two attached hydrogens (primary N) is 1. The molecule has 0 spiro atoms. The molecule has 1 amide bonds. The smallest absolute Gasteiger partial charge is 0.223 e. The molecular formula is C14H26N4O2. The van der Waals surface area contributed by atoms with E-state index in [-0.39, 0.29) is 18.4 Å². The largest absolute Gasteiger partial charge is 0.385 e. The molecular weight excluding hydrogens is 256 g/mol. The summed E-state index contributed by atoms with van der Waals surface area (Å²) in [5, 5.41) is 8.34. The molecule has 0 aliphatic rings. The Morgan fingerprint density at radius 2 is 2.05 bits per heavy atom. The fourth-order valence-corrected chi connectivity index (χ4v) is 2.10. The van der Waals surface area contributed by atoms with Crippen LogP contribution in [0.15, 0.2) is 0 Å². The van der Waals surface area contributed by atoms with Crippen molar-refractivity contribution in [1.82, 2.24) is 15.0 Å². The second kappa shape index (κ2) is 7.99. The molecule has 2 N–H and O–H groups in total. The number of primary amides is 1. The van der Waals surface area contributed by atoms with Crippen LogP contribution in [-0.2, 0) is 22.4 Å². The number of hydrogen-bond donors (Lipinski definition) is 1. The van der Waals surface area contributed by atoms with Crippen molar-refractivity contribution in [2.24, 2.45) is 11.7 Å². The Kier molecular flexibility index (Phi) is 6.64. The first-order valence-electron chi connectivity index (χ1n) is 7.15. The molecule has 0 saturated carbocycles. The van der Waals surface area contributed by atoms with Gasteiger partial charge in [0.15, 0.2) is 0 Å². The number of carbonyl (C=O) groups is 1. The SMILES string of the molecule is COCCC(C)n1nnc(CC(N)=O)c1CCC(C)C. The average molecular weight is 282 g/mol. The number of carbonyl (C=O) groups excluding carboxylic acids is 1. The van der Waals surface area contributed by atoms with Gasteiger partial charge in [-0.3, -0.25) is 4.79 Å². The van der Waals surface area contributed by atoms with Gasteiger partial charge < -0.3 is 10.5 Å². The van der Waals surface area contributed by atoms with Crippen molar-refractivity contribution in [2.75, 3.05) is 13.7 Å². The molecule has 0 saturated heterocycles.